The number of primary amides is 1. The van der Waals surface area contributed by atoms with Crippen LogP contribution in [-0.2, 0) is 16.0 Å². The Morgan fingerprint density at radius 3 is 2.50 bits per heavy atom. The Kier molecular flexibility index (Phi) is 6.09. The monoisotopic (exact) mass is 420 g/mol. The number of hydrogen-bond donors (Lipinski definition) is 2. The van der Waals surface area contributed by atoms with Crippen molar-refractivity contribution in [2.75, 3.05) is 23.3 Å². The van der Waals surface area contributed by atoms with E-state index in [1.807, 2.05) is 60.0 Å². The third kappa shape index (κ3) is 4.68. The molecule has 6 nitrogen and oxygen atoms in total. The van der Waals surface area contributed by atoms with E-state index in [4.69, 9.17) is 5.73 Å². The summed E-state index contributed by atoms with van der Waals surface area (Å²) in [5.74, 6) is -0.389. The summed E-state index contributed by atoms with van der Waals surface area (Å²) in [6, 6.07) is 17.7. The first-order chi connectivity index (χ1) is 14.6. The zero-order chi connectivity index (χ0) is 20.9. The molecule has 0 radical (unpaired) electrons. The van der Waals surface area contributed by atoms with Gasteiger partial charge < -0.3 is 16.0 Å². The zero-order valence-electron chi connectivity index (χ0n) is 16.6. The predicted molar refractivity (Wildman–Crippen MR) is 120 cm³/mol. The molecule has 0 atom stereocenters. The maximum atomic E-state index is 12.7. The summed E-state index contributed by atoms with van der Waals surface area (Å²) in [6.45, 7) is 1.49. The zero-order valence-corrected chi connectivity index (χ0v) is 17.4. The number of nitrogens with zero attached hydrogens (tertiary/aromatic N) is 2. The Morgan fingerprint density at radius 2 is 1.77 bits per heavy atom. The SMILES string of the molecule is NC(=O)C1CCN(c2ccccc2NC(=O)Cc2csc(-c3ccccc3)n2)CC1. The number of thiazole rings is 1. The molecule has 0 bridgehead atoms. The Labute approximate surface area is 179 Å². The van der Waals surface area contributed by atoms with Crippen molar-refractivity contribution in [2.24, 2.45) is 11.7 Å². The van der Waals surface area contributed by atoms with Gasteiger partial charge in [-0.3, -0.25) is 9.59 Å². The minimum absolute atomic E-state index is 0.0634. The maximum Gasteiger partial charge on any atom is 0.230 e. The number of nitrogens with two attached hydrogens (primary N) is 1. The highest BCUT2D eigenvalue weighted by molar-refractivity contribution is 7.13. The van der Waals surface area contributed by atoms with Crippen LogP contribution in [0.5, 0.6) is 0 Å². The highest BCUT2D eigenvalue weighted by atomic mass is 32.1. The molecule has 2 heterocycles. The Balaban J connectivity index is 1.41. The van der Waals surface area contributed by atoms with Crippen LogP contribution < -0.4 is 16.0 Å². The van der Waals surface area contributed by atoms with Crippen LogP contribution in [0.25, 0.3) is 10.6 Å². The molecular formula is C23H24N4O2S. The van der Waals surface area contributed by atoms with E-state index >= 15 is 0 Å². The molecular weight excluding hydrogens is 396 g/mol. The van der Waals surface area contributed by atoms with Crippen LogP contribution in [0.2, 0.25) is 0 Å². The van der Waals surface area contributed by atoms with Crippen molar-refractivity contribution >= 4 is 34.5 Å². The number of aromatic nitrogens is 1. The molecule has 4 rings (SSSR count). The van der Waals surface area contributed by atoms with Crippen LogP contribution in [0.15, 0.2) is 60.0 Å². The van der Waals surface area contributed by atoms with Gasteiger partial charge in [-0.2, -0.15) is 0 Å². The van der Waals surface area contributed by atoms with Crippen LogP contribution in [0, 0.1) is 5.92 Å². The number of hydrogen-bond acceptors (Lipinski definition) is 5. The third-order valence-electron chi connectivity index (χ3n) is 5.33. The van der Waals surface area contributed by atoms with Crippen molar-refractivity contribution in [3.63, 3.8) is 0 Å². The second-order valence-electron chi connectivity index (χ2n) is 7.42. The van der Waals surface area contributed by atoms with E-state index in [1.165, 1.54) is 0 Å². The summed E-state index contributed by atoms with van der Waals surface area (Å²) in [5.41, 5.74) is 9.00. The molecule has 0 unspecified atom stereocenters. The van der Waals surface area contributed by atoms with Gasteiger partial charge in [-0.05, 0) is 25.0 Å². The van der Waals surface area contributed by atoms with Gasteiger partial charge >= 0.3 is 0 Å². The standard InChI is InChI=1S/C23H24N4O2S/c24-22(29)16-10-12-27(13-11-16)20-9-5-4-8-19(20)26-21(28)14-18-15-30-23(25-18)17-6-2-1-3-7-17/h1-9,15-16H,10-14H2,(H2,24,29)(H,26,28). The van der Waals surface area contributed by atoms with Gasteiger partial charge in [0, 0.05) is 30.0 Å². The van der Waals surface area contributed by atoms with Gasteiger partial charge in [0.15, 0.2) is 0 Å². The number of nitrogens with one attached hydrogen (secondary N) is 1. The smallest absolute Gasteiger partial charge is 0.230 e. The number of rotatable bonds is 6. The molecule has 1 fully saturated rings. The summed E-state index contributed by atoms with van der Waals surface area (Å²) in [4.78, 5) is 30.9. The number of piperidine rings is 1. The lowest BCUT2D eigenvalue weighted by atomic mass is 9.96. The van der Waals surface area contributed by atoms with Crippen molar-refractivity contribution in [3.8, 4) is 10.6 Å². The normalized spacial score (nSPS) is 14.5. The van der Waals surface area contributed by atoms with E-state index in [0.717, 1.165) is 53.6 Å². The van der Waals surface area contributed by atoms with Gasteiger partial charge in [0.05, 0.1) is 23.5 Å². The Hall–Kier alpha value is -3.19. The Morgan fingerprint density at radius 1 is 1.07 bits per heavy atom. The molecule has 7 heteroatoms. The number of para-hydroxylation sites is 2. The van der Waals surface area contributed by atoms with E-state index < -0.39 is 0 Å². The predicted octanol–water partition coefficient (Wildman–Crippen LogP) is 3.69. The fourth-order valence-corrected chi connectivity index (χ4v) is 4.55. The summed E-state index contributed by atoms with van der Waals surface area (Å²) in [7, 11) is 0. The first-order valence-corrected chi connectivity index (χ1v) is 10.9. The number of anilines is 2. The minimum atomic E-state index is -0.227. The van der Waals surface area contributed by atoms with E-state index in [1.54, 1.807) is 11.3 Å². The molecule has 30 heavy (non-hydrogen) atoms. The van der Waals surface area contributed by atoms with E-state index in [0.29, 0.717) is 0 Å². The second-order valence-corrected chi connectivity index (χ2v) is 8.27. The third-order valence-corrected chi connectivity index (χ3v) is 6.27. The van der Waals surface area contributed by atoms with E-state index in [9.17, 15) is 9.59 Å². The lowest BCUT2D eigenvalue weighted by Crippen LogP contribution is -2.38. The van der Waals surface area contributed by atoms with Gasteiger partial charge in [0.1, 0.15) is 5.01 Å². The fourth-order valence-electron chi connectivity index (χ4n) is 3.72. The number of amides is 2. The van der Waals surface area contributed by atoms with Crippen LogP contribution in [-0.4, -0.2) is 29.9 Å². The first-order valence-electron chi connectivity index (χ1n) is 10.0. The van der Waals surface area contributed by atoms with Crippen molar-refractivity contribution in [1.29, 1.82) is 0 Å². The van der Waals surface area contributed by atoms with Crippen molar-refractivity contribution in [1.82, 2.24) is 4.98 Å². The quantitative estimate of drug-likeness (QED) is 0.637. The molecule has 0 aliphatic carbocycles. The minimum Gasteiger partial charge on any atom is -0.370 e. The van der Waals surface area contributed by atoms with Crippen LogP contribution >= 0.6 is 11.3 Å². The largest absolute Gasteiger partial charge is 0.370 e. The van der Waals surface area contributed by atoms with Crippen LogP contribution in [0.3, 0.4) is 0 Å². The molecule has 2 aromatic carbocycles. The van der Waals surface area contributed by atoms with Crippen LogP contribution in [0.4, 0.5) is 11.4 Å². The second kappa shape index (κ2) is 9.09. The molecule has 3 N–H and O–H groups in total. The average molecular weight is 421 g/mol. The van der Waals surface area contributed by atoms with Crippen molar-refractivity contribution < 1.29 is 9.59 Å². The molecule has 2 amide bonds. The summed E-state index contributed by atoms with van der Waals surface area (Å²) >= 11 is 1.54. The molecule has 3 aromatic rings. The molecule has 0 spiro atoms. The van der Waals surface area contributed by atoms with Crippen molar-refractivity contribution in [3.05, 3.63) is 65.7 Å². The van der Waals surface area contributed by atoms with Gasteiger partial charge in [-0.1, -0.05) is 42.5 Å². The fraction of sp³-hybridized carbons (Fsp3) is 0.261. The van der Waals surface area contributed by atoms with Crippen molar-refractivity contribution in [2.45, 2.75) is 19.3 Å². The maximum absolute atomic E-state index is 12.7. The topological polar surface area (TPSA) is 88.3 Å². The summed E-state index contributed by atoms with van der Waals surface area (Å²) < 4.78 is 0. The molecule has 1 aliphatic rings. The Bertz CT molecular complexity index is 1030. The lowest BCUT2D eigenvalue weighted by molar-refractivity contribution is -0.122. The van der Waals surface area contributed by atoms with Gasteiger partial charge in [0.2, 0.25) is 11.8 Å². The number of carbonyl (C=O) groups is 2. The lowest BCUT2D eigenvalue weighted by Gasteiger charge is -2.33. The molecule has 154 valence electrons. The van der Waals surface area contributed by atoms with E-state index in [-0.39, 0.29) is 24.2 Å². The van der Waals surface area contributed by atoms with E-state index in [2.05, 4.69) is 15.2 Å². The van der Waals surface area contributed by atoms with Gasteiger partial charge in [-0.15, -0.1) is 11.3 Å². The average Bonchev–Trinajstić information content (AvgIpc) is 3.23. The van der Waals surface area contributed by atoms with Gasteiger partial charge in [0.25, 0.3) is 0 Å². The summed E-state index contributed by atoms with van der Waals surface area (Å²) in [6.07, 6.45) is 1.69. The number of benzene rings is 2. The molecule has 1 saturated heterocycles. The van der Waals surface area contributed by atoms with Gasteiger partial charge in [-0.25, -0.2) is 4.98 Å². The molecule has 1 aromatic heterocycles. The molecule has 0 saturated carbocycles. The number of carbonyl (C=O) groups excluding carboxylic acids is 2. The highest BCUT2D eigenvalue weighted by Gasteiger charge is 2.24. The van der Waals surface area contributed by atoms with Crippen LogP contribution in [0.1, 0.15) is 18.5 Å². The molecule has 1 aliphatic heterocycles. The first kappa shape index (κ1) is 20.1. The highest BCUT2D eigenvalue weighted by Crippen LogP contribution is 2.30. The summed E-state index contributed by atoms with van der Waals surface area (Å²) in [5, 5.41) is 5.88.